The zero-order valence-corrected chi connectivity index (χ0v) is 30.6. The van der Waals surface area contributed by atoms with Gasteiger partial charge in [-0.1, -0.05) is 102 Å². The van der Waals surface area contributed by atoms with Crippen molar-refractivity contribution in [2.24, 2.45) is 0 Å². The van der Waals surface area contributed by atoms with E-state index in [1.54, 1.807) is 6.07 Å². The number of aromatic hydroxyl groups is 1. The van der Waals surface area contributed by atoms with E-state index in [0.717, 1.165) is 39.1 Å². The van der Waals surface area contributed by atoms with Crippen LogP contribution in [0.4, 0.5) is 0 Å². The van der Waals surface area contributed by atoms with Crippen LogP contribution in [-0.4, -0.2) is 19.2 Å². The number of fused-ring (bicyclic) bond motifs is 4. The molecular weight excluding hydrogens is 760 g/mol. The molecule has 7 aromatic rings. The molecule has 0 aliphatic heterocycles. The molecule has 4 aromatic carbocycles. The summed E-state index contributed by atoms with van der Waals surface area (Å²) >= 11 is 0. The largest absolute Gasteiger partial charge is 2.00 e. The predicted molar refractivity (Wildman–Crippen MR) is 187 cm³/mol. The molecule has 3 aromatic heterocycles. The number of hydrogen-bond donors (Lipinski definition) is 1. The molecule has 0 saturated heterocycles. The van der Waals surface area contributed by atoms with E-state index in [9.17, 15) is 5.11 Å². The average molecular weight is 801 g/mol. The Balaban J connectivity index is 0.00000386. The SMILES string of the molecule is CC(C)(C)c1ccc(O)c(-n2[c-][n+](C(C)(C)c3cc(C(C)(C)C)c4c5ccccc5n(-c5[c-]cccc5)c4n3)c3ccccc32)c1.[Pt+2]. The van der Waals surface area contributed by atoms with Gasteiger partial charge in [0.25, 0.3) is 0 Å². The average Bonchev–Trinajstić information content (AvgIpc) is 3.57. The number of aromatic nitrogens is 4. The van der Waals surface area contributed by atoms with Gasteiger partial charge in [-0.05, 0) is 54.0 Å². The molecule has 5 nitrogen and oxygen atoms in total. The van der Waals surface area contributed by atoms with Gasteiger partial charge in [-0.15, -0.1) is 6.07 Å². The van der Waals surface area contributed by atoms with Crippen LogP contribution < -0.4 is 4.57 Å². The molecule has 0 aliphatic carbocycles. The van der Waals surface area contributed by atoms with Gasteiger partial charge in [0, 0.05) is 10.8 Å². The molecule has 0 bridgehead atoms. The smallest absolute Gasteiger partial charge is 0.513 e. The summed E-state index contributed by atoms with van der Waals surface area (Å²) in [5, 5.41) is 13.5. The number of phenolic OH excluding ortho intramolecular Hbond substituents is 1. The third kappa shape index (κ3) is 5.39. The molecule has 0 amide bonds. The second kappa shape index (κ2) is 11.5. The van der Waals surface area contributed by atoms with Gasteiger partial charge in [-0.3, -0.25) is 0 Å². The molecular formula is C41H41N4OPt+. The van der Waals surface area contributed by atoms with Crippen molar-refractivity contribution in [2.45, 2.75) is 71.8 Å². The van der Waals surface area contributed by atoms with Gasteiger partial charge in [0.1, 0.15) is 16.9 Å². The third-order valence-corrected chi connectivity index (χ3v) is 9.20. The number of benzene rings is 4. The Labute approximate surface area is 291 Å². The van der Waals surface area contributed by atoms with Crippen LogP contribution in [0.3, 0.4) is 0 Å². The van der Waals surface area contributed by atoms with E-state index < -0.39 is 5.54 Å². The van der Waals surface area contributed by atoms with Gasteiger partial charge in [0.05, 0.1) is 27.9 Å². The van der Waals surface area contributed by atoms with Crippen LogP contribution in [0.5, 0.6) is 5.75 Å². The van der Waals surface area contributed by atoms with Crippen LogP contribution in [0, 0.1) is 12.4 Å². The molecule has 240 valence electrons. The minimum absolute atomic E-state index is 0. The molecule has 0 aliphatic rings. The first-order chi connectivity index (χ1) is 21.8. The molecule has 6 heteroatoms. The van der Waals surface area contributed by atoms with E-state index >= 15 is 0 Å². The van der Waals surface area contributed by atoms with Gasteiger partial charge in [0.2, 0.25) is 6.33 Å². The van der Waals surface area contributed by atoms with Gasteiger partial charge >= 0.3 is 21.1 Å². The van der Waals surface area contributed by atoms with Crippen molar-refractivity contribution >= 4 is 33.0 Å². The molecule has 0 unspecified atom stereocenters. The van der Waals surface area contributed by atoms with Crippen molar-refractivity contribution in [1.29, 1.82) is 0 Å². The Hall–Kier alpha value is -4.21. The summed E-state index contributed by atoms with van der Waals surface area (Å²) in [4.78, 5) is 5.51. The molecule has 0 atom stereocenters. The normalized spacial score (nSPS) is 12.6. The number of nitrogens with zero attached hydrogens (tertiary/aromatic N) is 4. The molecule has 0 fully saturated rings. The monoisotopic (exact) mass is 800 g/mol. The fraction of sp³-hybridized carbons (Fsp3) is 0.268. The first-order valence-electron chi connectivity index (χ1n) is 16.0. The van der Waals surface area contributed by atoms with Gasteiger partial charge in [-0.2, -0.15) is 24.3 Å². The molecule has 0 radical (unpaired) electrons. The summed E-state index contributed by atoms with van der Waals surface area (Å²) in [6, 6.07) is 36.6. The maximum Gasteiger partial charge on any atom is 2.00 e. The number of imidazole rings is 1. The standard InChI is InChI=1S/C41H41N4O.Pt/c1-39(2,3)27-22-23-35(46)34(24-27)43-26-44(33-21-15-14-20-32(33)43)41(7,8)36-25-30(40(4,5)6)37-29-18-12-13-19-31(29)45(38(37)42-36)28-16-10-9-11-17-28;/h9-16,18-25,46H,1-8H3;/q-1;+2. The van der Waals surface area contributed by atoms with E-state index in [0.29, 0.717) is 5.69 Å². The first kappa shape index (κ1) is 32.7. The number of pyridine rings is 1. The minimum Gasteiger partial charge on any atom is -0.513 e. The van der Waals surface area contributed by atoms with E-state index in [2.05, 4.69) is 144 Å². The Morgan fingerprint density at radius 3 is 2.11 bits per heavy atom. The molecule has 3 heterocycles. The van der Waals surface area contributed by atoms with Crippen molar-refractivity contribution < 1.29 is 30.7 Å². The second-order valence-electron chi connectivity index (χ2n) is 14.9. The third-order valence-electron chi connectivity index (χ3n) is 9.20. The fourth-order valence-electron chi connectivity index (χ4n) is 6.57. The summed E-state index contributed by atoms with van der Waals surface area (Å²) in [6.07, 6.45) is 3.66. The van der Waals surface area contributed by atoms with Crippen LogP contribution in [0.1, 0.15) is 72.2 Å². The quantitative estimate of drug-likeness (QED) is 0.143. The summed E-state index contributed by atoms with van der Waals surface area (Å²) in [6.45, 7) is 17.8. The second-order valence-corrected chi connectivity index (χ2v) is 14.9. The molecule has 1 N–H and O–H groups in total. The molecule has 7 rings (SSSR count). The molecule has 0 spiro atoms. The van der Waals surface area contributed by atoms with Crippen LogP contribution >= 0.6 is 0 Å². The van der Waals surface area contributed by atoms with Crippen LogP contribution in [-0.2, 0) is 37.4 Å². The summed E-state index contributed by atoms with van der Waals surface area (Å²) < 4.78 is 6.40. The molecule has 0 saturated carbocycles. The van der Waals surface area contributed by atoms with Gasteiger partial charge in [-0.25, -0.2) is 4.98 Å². The maximum atomic E-state index is 11.1. The Morgan fingerprint density at radius 1 is 0.745 bits per heavy atom. The van der Waals surface area contributed by atoms with Gasteiger partial charge in [0.15, 0.2) is 0 Å². The van der Waals surface area contributed by atoms with Gasteiger partial charge < -0.3 is 18.8 Å². The predicted octanol–water partition coefficient (Wildman–Crippen LogP) is 9.09. The zero-order chi connectivity index (χ0) is 32.6. The van der Waals surface area contributed by atoms with Crippen molar-refractivity contribution in [2.75, 3.05) is 0 Å². The van der Waals surface area contributed by atoms with Crippen molar-refractivity contribution in [3.8, 4) is 17.1 Å². The number of rotatable bonds is 4. The Bertz CT molecular complexity index is 2260. The summed E-state index contributed by atoms with van der Waals surface area (Å²) in [5.41, 5.74) is 8.14. The maximum absolute atomic E-state index is 11.1. The Morgan fingerprint density at radius 2 is 1.43 bits per heavy atom. The molecule has 47 heavy (non-hydrogen) atoms. The zero-order valence-electron chi connectivity index (χ0n) is 28.3. The van der Waals surface area contributed by atoms with Crippen molar-refractivity contribution in [3.63, 3.8) is 0 Å². The number of para-hydroxylation sites is 4. The topological polar surface area (TPSA) is 46.9 Å². The Kier molecular flexibility index (Phi) is 8.00. The van der Waals surface area contributed by atoms with Crippen LogP contribution in [0.2, 0.25) is 0 Å². The van der Waals surface area contributed by atoms with E-state index in [-0.39, 0.29) is 37.6 Å². The number of hydrogen-bond acceptors (Lipinski definition) is 2. The van der Waals surface area contributed by atoms with Crippen molar-refractivity contribution in [1.82, 2.24) is 14.1 Å². The van der Waals surface area contributed by atoms with Crippen molar-refractivity contribution in [3.05, 3.63) is 126 Å². The van der Waals surface area contributed by atoms with E-state index in [1.807, 2.05) is 28.8 Å². The fourth-order valence-corrected chi connectivity index (χ4v) is 6.57. The minimum atomic E-state index is -0.613. The summed E-state index contributed by atoms with van der Waals surface area (Å²) in [5.74, 6) is 0.216. The summed E-state index contributed by atoms with van der Waals surface area (Å²) in [7, 11) is 0. The van der Waals surface area contributed by atoms with Crippen LogP contribution in [0.25, 0.3) is 44.3 Å². The van der Waals surface area contributed by atoms with Crippen LogP contribution in [0.15, 0.2) is 97.1 Å². The van der Waals surface area contributed by atoms with E-state index in [4.69, 9.17) is 4.98 Å². The first-order valence-corrected chi connectivity index (χ1v) is 16.0. The number of phenols is 1. The van der Waals surface area contributed by atoms with E-state index in [1.165, 1.54) is 16.3 Å².